The van der Waals surface area contributed by atoms with E-state index < -0.39 is 49.2 Å². The number of hydroxylamine groups is 2. The molecule has 0 spiro atoms. The first-order valence-electron chi connectivity index (χ1n) is 11.9. The van der Waals surface area contributed by atoms with Crippen LogP contribution >= 0.6 is 0 Å². The number of benzene rings is 1. The van der Waals surface area contributed by atoms with Gasteiger partial charge in [0.05, 0.1) is 16.1 Å². The fourth-order valence-corrected chi connectivity index (χ4v) is 5.77. The van der Waals surface area contributed by atoms with Crippen molar-refractivity contribution < 1.29 is 49.7 Å². The van der Waals surface area contributed by atoms with E-state index in [1.54, 1.807) is 6.07 Å². The lowest BCUT2D eigenvalue weighted by Crippen LogP contribution is -2.32. The first kappa shape index (κ1) is 28.9. The van der Waals surface area contributed by atoms with E-state index in [2.05, 4.69) is 0 Å². The molecule has 0 saturated carbocycles. The molecule has 1 saturated heterocycles. The molecule has 0 radical (unpaired) electrons. The Morgan fingerprint density at radius 3 is 2.30 bits per heavy atom. The zero-order chi connectivity index (χ0) is 27.6. The molecular weight excluding hydrogens is 528 g/mol. The van der Waals surface area contributed by atoms with E-state index in [-0.39, 0.29) is 37.1 Å². The van der Waals surface area contributed by atoms with Gasteiger partial charge in [-0.3, -0.25) is 18.7 Å². The summed E-state index contributed by atoms with van der Waals surface area (Å²) < 4.78 is 66.4. The number of hydrogen-bond donors (Lipinski definition) is 2. The van der Waals surface area contributed by atoms with Gasteiger partial charge in [0.1, 0.15) is 6.54 Å². The highest BCUT2D eigenvalue weighted by molar-refractivity contribution is 7.86. The average Bonchev–Trinajstić information content (AvgIpc) is 3.21. The highest BCUT2D eigenvalue weighted by Gasteiger charge is 2.46. The summed E-state index contributed by atoms with van der Waals surface area (Å²) in [6.45, 7) is 4.07. The summed E-state index contributed by atoms with van der Waals surface area (Å²) in [5, 5.41) is 0.514. The molecule has 12 nitrogen and oxygen atoms in total. The van der Waals surface area contributed by atoms with Crippen LogP contribution in [0.4, 0.5) is 5.69 Å². The Morgan fingerprint density at radius 2 is 1.70 bits per heavy atom. The monoisotopic (exact) mass is 559 g/mol. The molecule has 0 aliphatic carbocycles. The van der Waals surface area contributed by atoms with E-state index in [9.17, 15) is 35.8 Å². The number of carbonyl (C=O) groups is 3. The van der Waals surface area contributed by atoms with E-state index in [0.29, 0.717) is 42.0 Å². The smallest absolute Gasteiger partial charge is 0.330 e. The Balaban J connectivity index is 1.68. The summed E-state index contributed by atoms with van der Waals surface area (Å²) in [5.74, 6) is -2.17. The third-order valence-corrected chi connectivity index (χ3v) is 8.55. The van der Waals surface area contributed by atoms with Crippen molar-refractivity contribution in [3.8, 4) is 0 Å². The molecule has 2 amide bonds. The Labute approximate surface area is 215 Å². The number of carbonyl (C=O) groups excluding carboxylic acids is 3. The lowest BCUT2D eigenvalue weighted by Gasteiger charge is -2.22. The van der Waals surface area contributed by atoms with Gasteiger partial charge in [-0.25, -0.2) is 4.79 Å². The summed E-state index contributed by atoms with van der Waals surface area (Å²) >= 11 is 0. The van der Waals surface area contributed by atoms with Gasteiger partial charge in [0.25, 0.3) is 32.1 Å². The summed E-state index contributed by atoms with van der Waals surface area (Å²) in [7, 11) is -8.58. The van der Waals surface area contributed by atoms with E-state index in [4.69, 9.17) is 9.39 Å². The molecule has 1 unspecified atom stereocenters. The summed E-state index contributed by atoms with van der Waals surface area (Å²) in [4.78, 5) is 39.8. The molecule has 2 heterocycles. The molecule has 204 valence electrons. The van der Waals surface area contributed by atoms with Crippen molar-refractivity contribution in [3.05, 3.63) is 23.8 Å². The minimum atomic E-state index is -4.45. The molecular formula is C23H31N2O10S2+. The Hall–Kier alpha value is -2.68. The normalized spacial score (nSPS) is 20.1. The summed E-state index contributed by atoms with van der Waals surface area (Å²) in [6, 6.07) is 4.26. The van der Waals surface area contributed by atoms with Crippen molar-refractivity contribution in [3.63, 3.8) is 0 Å². The number of unbranched alkanes of at least 4 members (excludes halogenated alkanes) is 2. The first-order valence-corrected chi connectivity index (χ1v) is 14.9. The molecule has 1 fully saturated rings. The fourth-order valence-electron chi connectivity index (χ4n) is 4.77. The Morgan fingerprint density at radius 1 is 1.05 bits per heavy atom. The van der Waals surface area contributed by atoms with Crippen LogP contribution < -0.4 is 0 Å². The molecule has 0 bridgehead atoms. The van der Waals surface area contributed by atoms with Crippen molar-refractivity contribution >= 4 is 49.4 Å². The maximum atomic E-state index is 12.0. The minimum Gasteiger partial charge on any atom is -0.330 e. The van der Waals surface area contributed by atoms with Gasteiger partial charge in [-0.05, 0) is 31.9 Å². The van der Waals surface area contributed by atoms with E-state index >= 15 is 0 Å². The molecule has 1 aromatic carbocycles. The van der Waals surface area contributed by atoms with Crippen LogP contribution in [0.2, 0.25) is 0 Å². The molecule has 37 heavy (non-hydrogen) atoms. The molecule has 2 aliphatic rings. The fraction of sp³-hybridized carbons (Fsp3) is 0.565. The quantitative estimate of drug-likeness (QED) is 0.167. The molecule has 2 aliphatic heterocycles. The highest BCUT2D eigenvalue weighted by atomic mass is 32.2. The van der Waals surface area contributed by atoms with Crippen LogP contribution in [0.5, 0.6) is 0 Å². The highest BCUT2D eigenvalue weighted by Crippen LogP contribution is 2.44. The predicted octanol–water partition coefficient (Wildman–Crippen LogP) is 2.15. The van der Waals surface area contributed by atoms with Crippen molar-refractivity contribution in [2.75, 3.05) is 12.3 Å². The van der Waals surface area contributed by atoms with Gasteiger partial charge in [0, 0.05) is 44.2 Å². The zero-order valence-electron chi connectivity index (χ0n) is 20.7. The standard InChI is InChI=1S/C23H30N2O10S2/c1-16-23(2,12-5-3-4-7-22(28)35-25-20(26)10-11-21(25)27)18-15-17(37(32,33)34)8-9-19(18)24(16)13-6-14-36(29,30)31/h8-9,15H,3-7,10-14H2,1-2H3,(H-,29,30,31,32,33,34)/p+1. The molecule has 1 aromatic rings. The van der Waals surface area contributed by atoms with Crippen LogP contribution in [0.1, 0.15) is 70.8 Å². The van der Waals surface area contributed by atoms with Crippen molar-refractivity contribution in [2.24, 2.45) is 0 Å². The maximum Gasteiger partial charge on any atom is 0.333 e. The number of amides is 2. The second kappa shape index (κ2) is 11.0. The largest absolute Gasteiger partial charge is 0.333 e. The molecule has 1 atom stereocenters. The Kier molecular flexibility index (Phi) is 8.57. The van der Waals surface area contributed by atoms with Gasteiger partial charge in [0.15, 0.2) is 5.71 Å². The third kappa shape index (κ3) is 6.80. The molecule has 14 heteroatoms. The van der Waals surface area contributed by atoms with Crippen LogP contribution in [0, 0.1) is 0 Å². The van der Waals surface area contributed by atoms with Gasteiger partial charge in [-0.1, -0.05) is 12.8 Å². The first-order chi connectivity index (χ1) is 17.1. The van der Waals surface area contributed by atoms with Crippen molar-refractivity contribution in [1.29, 1.82) is 0 Å². The van der Waals surface area contributed by atoms with Crippen molar-refractivity contribution in [2.45, 2.75) is 75.5 Å². The number of nitrogens with zero attached hydrogens (tertiary/aromatic N) is 2. The second-order valence-electron chi connectivity index (χ2n) is 9.47. The number of hydrogen-bond acceptors (Lipinski definition) is 8. The van der Waals surface area contributed by atoms with Crippen LogP contribution in [0.3, 0.4) is 0 Å². The third-order valence-electron chi connectivity index (χ3n) is 6.90. The van der Waals surface area contributed by atoms with E-state index in [0.717, 1.165) is 5.71 Å². The lowest BCUT2D eigenvalue weighted by atomic mass is 9.76. The van der Waals surface area contributed by atoms with Gasteiger partial charge in [-0.2, -0.15) is 21.4 Å². The second-order valence-corrected chi connectivity index (χ2v) is 12.5. The van der Waals surface area contributed by atoms with Gasteiger partial charge >= 0.3 is 5.97 Å². The Bertz CT molecular complexity index is 1340. The van der Waals surface area contributed by atoms with E-state index in [1.165, 1.54) is 12.1 Å². The topological polar surface area (TPSA) is 175 Å². The summed E-state index contributed by atoms with van der Waals surface area (Å²) in [6.07, 6.45) is 2.46. The van der Waals surface area contributed by atoms with E-state index in [1.807, 2.05) is 18.4 Å². The summed E-state index contributed by atoms with van der Waals surface area (Å²) in [5.41, 5.74) is 1.57. The van der Waals surface area contributed by atoms with Crippen LogP contribution in [-0.2, 0) is 44.9 Å². The number of rotatable bonds is 12. The van der Waals surface area contributed by atoms with Gasteiger partial charge in [0.2, 0.25) is 5.69 Å². The minimum absolute atomic E-state index is 0.0156. The van der Waals surface area contributed by atoms with Gasteiger partial charge in [-0.15, -0.1) is 5.06 Å². The maximum absolute atomic E-state index is 12.0. The molecule has 3 rings (SSSR count). The number of imide groups is 1. The zero-order valence-corrected chi connectivity index (χ0v) is 22.3. The molecule has 2 N–H and O–H groups in total. The predicted molar refractivity (Wildman–Crippen MR) is 130 cm³/mol. The number of fused-ring (bicyclic) bond motifs is 1. The van der Waals surface area contributed by atoms with Crippen molar-refractivity contribution in [1.82, 2.24) is 5.06 Å². The van der Waals surface area contributed by atoms with Gasteiger partial charge < -0.3 is 4.84 Å². The SMILES string of the molecule is CC1=[N+](CCCS(=O)(=O)O)c2ccc(S(=O)(=O)O)cc2C1(C)CCCCCC(=O)ON1C(=O)CCC1=O. The lowest BCUT2D eigenvalue weighted by molar-refractivity contribution is -0.438. The van der Waals surface area contributed by atoms with Crippen LogP contribution in [-0.4, -0.2) is 71.4 Å². The molecule has 0 aromatic heterocycles. The van der Waals surface area contributed by atoms with Crippen LogP contribution in [0.15, 0.2) is 23.1 Å². The van der Waals surface area contributed by atoms with Crippen LogP contribution in [0.25, 0.3) is 0 Å². The average molecular weight is 560 g/mol.